The molecule has 0 aliphatic heterocycles. The largest absolute Gasteiger partial charge is 0.496 e. The zero-order valence-electron chi connectivity index (χ0n) is 14.6. The SMILES string of the molecule is COc1cc(OC)c([N+](=O)[O-])cc1/C=N\NC(=O)CNc1ccc(I)cc1. The first kappa shape index (κ1) is 20.4. The van der Waals surface area contributed by atoms with Crippen LogP contribution in [0, 0.1) is 13.7 Å². The number of nitrogens with one attached hydrogen (secondary N) is 2. The summed E-state index contributed by atoms with van der Waals surface area (Å²) >= 11 is 2.19. The van der Waals surface area contributed by atoms with Crippen LogP contribution in [0.25, 0.3) is 0 Å². The minimum absolute atomic E-state index is 0.0256. The van der Waals surface area contributed by atoms with E-state index in [9.17, 15) is 14.9 Å². The number of carbonyl (C=O) groups excluding carboxylic acids is 1. The van der Waals surface area contributed by atoms with E-state index in [1.54, 1.807) is 0 Å². The maximum atomic E-state index is 11.9. The highest BCUT2D eigenvalue weighted by Gasteiger charge is 2.18. The molecule has 0 bridgehead atoms. The highest BCUT2D eigenvalue weighted by atomic mass is 127. The molecule has 1 amide bonds. The molecule has 0 unspecified atom stereocenters. The Morgan fingerprint density at radius 2 is 1.89 bits per heavy atom. The molecule has 0 fully saturated rings. The lowest BCUT2D eigenvalue weighted by atomic mass is 10.1. The second-order valence-electron chi connectivity index (χ2n) is 5.18. The number of halogens is 1. The first-order valence-corrected chi connectivity index (χ1v) is 8.74. The van der Waals surface area contributed by atoms with E-state index in [1.165, 1.54) is 32.6 Å². The third-order valence-corrected chi connectivity index (χ3v) is 4.14. The van der Waals surface area contributed by atoms with Gasteiger partial charge in [0, 0.05) is 27.0 Å². The number of hydrazone groups is 1. The fourth-order valence-electron chi connectivity index (χ4n) is 2.11. The number of carbonyl (C=O) groups is 1. The second kappa shape index (κ2) is 9.71. The van der Waals surface area contributed by atoms with E-state index >= 15 is 0 Å². The highest BCUT2D eigenvalue weighted by molar-refractivity contribution is 14.1. The van der Waals surface area contributed by atoms with Gasteiger partial charge in [-0.25, -0.2) is 5.43 Å². The van der Waals surface area contributed by atoms with E-state index < -0.39 is 4.92 Å². The Balaban J connectivity index is 2.02. The monoisotopic (exact) mass is 484 g/mol. The van der Waals surface area contributed by atoms with Crippen molar-refractivity contribution in [3.8, 4) is 11.5 Å². The lowest BCUT2D eigenvalue weighted by molar-refractivity contribution is -0.385. The molecule has 0 heterocycles. The fourth-order valence-corrected chi connectivity index (χ4v) is 2.47. The molecule has 9 nitrogen and oxygen atoms in total. The summed E-state index contributed by atoms with van der Waals surface area (Å²) in [4.78, 5) is 22.4. The molecule has 0 atom stereocenters. The van der Waals surface area contributed by atoms with E-state index in [0.29, 0.717) is 11.3 Å². The number of methoxy groups -OCH3 is 2. The van der Waals surface area contributed by atoms with Gasteiger partial charge < -0.3 is 14.8 Å². The summed E-state index contributed by atoms with van der Waals surface area (Å²) in [5.41, 5.74) is 3.26. The molecule has 0 saturated heterocycles. The first-order chi connectivity index (χ1) is 12.9. The normalized spacial score (nSPS) is 10.5. The molecule has 2 rings (SSSR count). The maximum Gasteiger partial charge on any atom is 0.311 e. The number of hydrogen-bond donors (Lipinski definition) is 2. The van der Waals surface area contributed by atoms with Crippen molar-refractivity contribution in [2.75, 3.05) is 26.1 Å². The van der Waals surface area contributed by atoms with Gasteiger partial charge in [-0.1, -0.05) is 0 Å². The van der Waals surface area contributed by atoms with Crippen LogP contribution in [-0.2, 0) is 4.79 Å². The van der Waals surface area contributed by atoms with Gasteiger partial charge in [0.1, 0.15) is 5.75 Å². The molecule has 0 saturated carbocycles. The first-order valence-electron chi connectivity index (χ1n) is 7.66. The summed E-state index contributed by atoms with van der Waals surface area (Å²) in [6, 6.07) is 10.2. The molecular formula is C17H17IN4O5. The number of nitrogens with zero attached hydrogens (tertiary/aromatic N) is 2. The molecule has 2 aromatic rings. The van der Waals surface area contributed by atoms with Crippen LogP contribution in [0.2, 0.25) is 0 Å². The average molecular weight is 484 g/mol. The predicted octanol–water partition coefficient (Wildman–Crippen LogP) is 2.78. The Morgan fingerprint density at radius 3 is 2.48 bits per heavy atom. The molecule has 0 aliphatic carbocycles. The number of ether oxygens (including phenoxy) is 2. The van der Waals surface area contributed by atoms with Crippen LogP contribution in [0.1, 0.15) is 5.56 Å². The number of anilines is 1. The lowest BCUT2D eigenvalue weighted by Gasteiger charge is -2.08. The summed E-state index contributed by atoms with van der Waals surface area (Å²) in [6.45, 7) is 0.0256. The van der Waals surface area contributed by atoms with Crippen LogP contribution in [0.3, 0.4) is 0 Å². The molecule has 2 N–H and O–H groups in total. The van der Waals surface area contributed by atoms with Gasteiger partial charge in [0.25, 0.3) is 5.91 Å². The van der Waals surface area contributed by atoms with E-state index in [1.807, 2.05) is 24.3 Å². The third-order valence-electron chi connectivity index (χ3n) is 3.42. The highest BCUT2D eigenvalue weighted by Crippen LogP contribution is 2.33. The number of hydrogen-bond acceptors (Lipinski definition) is 7. The van der Waals surface area contributed by atoms with Gasteiger partial charge in [-0.2, -0.15) is 5.10 Å². The summed E-state index contributed by atoms with van der Waals surface area (Å²) in [5.74, 6) is 0.0269. The molecule has 27 heavy (non-hydrogen) atoms. The topological polar surface area (TPSA) is 115 Å². The number of nitro benzene ring substituents is 1. The van der Waals surface area contributed by atoms with Crippen LogP contribution in [0.4, 0.5) is 11.4 Å². The lowest BCUT2D eigenvalue weighted by Crippen LogP contribution is -2.25. The Hall–Kier alpha value is -2.89. The van der Waals surface area contributed by atoms with Gasteiger partial charge in [-0.05, 0) is 46.9 Å². The van der Waals surface area contributed by atoms with Crippen molar-refractivity contribution < 1.29 is 19.2 Å². The molecule has 0 spiro atoms. The van der Waals surface area contributed by atoms with Crippen molar-refractivity contribution in [1.82, 2.24) is 5.43 Å². The fraction of sp³-hybridized carbons (Fsp3) is 0.176. The minimum atomic E-state index is -0.570. The standard InChI is InChI=1S/C17H17IN4O5/c1-26-15-8-16(27-2)14(22(24)25)7-11(15)9-20-21-17(23)10-19-13-5-3-12(18)4-6-13/h3-9,19H,10H2,1-2H3,(H,21,23)/b20-9-. The summed E-state index contributed by atoms with van der Waals surface area (Å²) in [7, 11) is 2.75. The van der Waals surface area contributed by atoms with Crippen molar-refractivity contribution in [3.63, 3.8) is 0 Å². The Labute approximate surface area is 169 Å². The van der Waals surface area contributed by atoms with E-state index in [2.05, 4.69) is 38.4 Å². The third kappa shape index (κ3) is 5.81. The molecule has 0 aliphatic rings. The molecule has 0 aromatic heterocycles. The van der Waals surface area contributed by atoms with Crippen LogP contribution in [0.5, 0.6) is 11.5 Å². The molecule has 142 valence electrons. The number of amides is 1. The van der Waals surface area contributed by atoms with Gasteiger partial charge in [0.05, 0.1) is 31.9 Å². The Kier molecular flexibility index (Phi) is 7.34. The quantitative estimate of drug-likeness (QED) is 0.258. The Morgan fingerprint density at radius 1 is 1.22 bits per heavy atom. The van der Waals surface area contributed by atoms with Crippen LogP contribution >= 0.6 is 22.6 Å². The molecule has 0 radical (unpaired) electrons. The zero-order valence-corrected chi connectivity index (χ0v) is 16.7. The molecule has 2 aromatic carbocycles. The van der Waals surface area contributed by atoms with Crippen LogP contribution in [0.15, 0.2) is 41.5 Å². The number of benzene rings is 2. The van der Waals surface area contributed by atoms with Gasteiger partial charge in [-0.3, -0.25) is 14.9 Å². The van der Waals surface area contributed by atoms with Gasteiger partial charge in [-0.15, -0.1) is 0 Å². The summed E-state index contributed by atoms with van der Waals surface area (Å²) < 4.78 is 11.3. The summed E-state index contributed by atoms with van der Waals surface area (Å²) in [5, 5.41) is 17.9. The molecular weight excluding hydrogens is 467 g/mol. The van der Waals surface area contributed by atoms with Crippen molar-refractivity contribution in [3.05, 3.63) is 55.6 Å². The van der Waals surface area contributed by atoms with E-state index in [4.69, 9.17) is 9.47 Å². The molecule has 10 heteroatoms. The van der Waals surface area contributed by atoms with Crippen molar-refractivity contribution >= 4 is 46.1 Å². The van der Waals surface area contributed by atoms with Gasteiger partial charge in [0.2, 0.25) is 5.75 Å². The van der Waals surface area contributed by atoms with Crippen molar-refractivity contribution in [2.24, 2.45) is 5.10 Å². The second-order valence-corrected chi connectivity index (χ2v) is 6.42. The minimum Gasteiger partial charge on any atom is -0.496 e. The summed E-state index contributed by atoms with van der Waals surface area (Å²) in [6.07, 6.45) is 1.27. The van der Waals surface area contributed by atoms with Crippen LogP contribution in [-0.4, -0.2) is 37.8 Å². The van der Waals surface area contributed by atoms with Crippen molar-refractivity contribution in [2.45, 2.75) is 0 Å². The van der Waals surface area contributed by atoms with Crippen molar-refractivity contribution in [1.29, 1.82) is 0 Å². The average Bonchev–Trinajstić information content (AvgIpc) is 2.67. The van der Waals surface area contributed by atoms with E-state index in [-0.39, 0.29) is 23.9 Å². The smallest absolute Gasteiger partial charge is 0.311 e. The van der Waals surface area contributed by atoms with E-state index in [0.717, 1.165) is 9.26 Å². The van der Waals surface area contributed by atoms with Gasteiger partial charge in [0.15, 0.2) is 0 Å². The van der Waals surface area contributed by atoms with Crippen LogP contribution < -0.4 is 20.2 Å². The zero-order chi connectivity index (χ0) is 19.8. The number of nitro groups is 1. The Bertz CT molecular complexity index is 855. The van der Waals surface area contributed by atoms with Gasteiger partial charge >= 0.3 is 5.69 Å². The maximum absolute atomic E-state index is 11.9. The number of rotatable bonds is 8. The predicted molar refractivity (Wildman–Crippen MR) is 110 cm³/mol.